The van der Waals surface area contributed by atoms with Crippen LogP contribution in [0, 0.1) is 0 Å². The third-order valence-corrected chi connectivity index (χ3v) is 0. The smallest absolute Gasteiger partial charge is 1.00 e. The Morgan fingerprint density at radius 3 is 1.11 bits per heavy atom. The first-order chi connectivity index (χ1) is 2.00. The van der Waals surface area contributed by atoms with Crippen molar-refractivity contribution in [3.63, 3.8) is 0 Å². The maximum absolute atomic E-state index is 8.89. The molecule has 3 nitrogen and oxygen atoms in total. The van der Waals surface area contributed by atoms with E-state index >= 15 is 0 Å². The summed E-state index contributed by atoms with van der Waals surface area (Å²) in [5.74, 6) is 0. The van der Waals surface area contributed by atoms with Crippen LogP contribution in [0.5, 0.6) is 0 Å². The Morgan fingerprint density at radius 1 is 1.11 bits per heavy atom. The molecule has 0 fully saturated rings. The average molecular weight is 217 g/mol. The van der Waals surface area contributed by atoms with Crippen molar-refractivity contribution < 1.29 is 114 Å². The van der Waals surface area contributed by atoms with Crippen molar-refractivity contribution in [2.24, 2.45) is 0 Å². The molecule has 9 heavy (non-hydrogen) atoms. The fourth-order valence-electron chi connectivity index (χ4n) is 0. The molecule has 0 aliphatic carbocycles. The summed E-state index contributed by atoms with van der Waals surface area (Å²) in [6.45, 7) is 0. The molecule has 0 radical (unpaired) electrons. The average Bonchev–Trinajstić information content (AvgIpc) is 0.722. The number of hydrogen-bond acceptors (Lipinski definition) is 4. The summed E-state index contributed by atoms with van der Waals surface area (Å²) in [6.07, 6.45) is 0. The van der Waals surface area contributed by atoms with E-state index in [1.165, 1.54) is 0 Å². The molecule has 9 heteroatoms. The fourth-order valence-corrected chi connectivity index (χ4v) is 0. The minimum absolute atomic E-state index is 0. The van der Waals surface area contributed by atoms with Gasteiger partial charge in [-0.05, 0) is 11.2 Å². The predicted octanol–water partition coefficient (Wildman–Crippen LogP) is -13.0. The van der Waals surface area contributed by atoms with Gasteiger partial charge < -0.3 is 21.5 Å². The summed E-state index contributed by atoms with van der Waals surface area (Å²) in [6, 6.07) is 0. The molecule has 0 aliphatic rings. The Bertz CT molecular complexity index is 100. The molecular formula is ClNa3O3S2. The van der Waals surface area contributed by atoms with Crippen LogP contribution < -0.4 is 101 Å². The van der Waals surface area contributed by atoms with Gasteiger partial charge in [0.15, 0.2) is 0 Å². The molecule has 0 saturated carbocycles. The van der Waals surface area contributed by atoms with E-state index in [1.807, 2.05) is 0 Å². The van der Waals surface area contributed by atoms with Gasteiger partial charge in [0.2, 0.25) is 0 Å². The van der Waals surface area contributed by atoms with Crippen LogP contribution in [0.15, 0.2) is 0 Å². The molecule has 0 rings (SSSR count). The van der Waals surface area contributed by atoms with Crippen LogP contribution in [-0.4, -0.2) is 13.3 Å². The Kier molecular flexibility index (Phi) is 46.1. The van der Waals surface area contributed by atoms with Gasteiger partial charge in [-0.15, -0.1) is 9.05 Å². The number of rotatable bonds is 0. The largest absolute Gasteiger partial charge is 1.00 e. The van der Waals surface area contributed by atoms with Gasteiger partial charge in [-0.1, -0.05) is 0 Å². The summed E-state index contributed by atoms with van der Waals surface area (Å²) < 4.78 is 26.7. The summed E-state index contributed by atoms with van der Waals surface area (Å²) in [5.41, 5.74) is 0. The molecule has 0 aliphatic heterocycles. The first kappa shape index (κ1) is 29.4. The van der Waals surface area contributed by atoms with Crippen LogP contribution in [0.2, 0.25) is 0 Å². The van der Waals surface area contributed by atoms with Crippen molar-refractivity contribution >= 4 is 20.2 Å². The zero-order chi connectivity index (χ0) is 4.50. The summed E-state index contributed by atoms with van der Waals surface area (Å²) >= 11 is 3.24. The van der Waals surface area contributed by atoms with E-state index in [4.69, 9.17) is 13.3 Å². The standard InChI is InChI=1S/ClH.3Na.H2O3S2/c;;;;1-5(2,3)4/h1H;;;;(H2,1,2,3,4)/q;3*+1;/p-3. The molecule has 0 spiro atoms. The van der Waals surface area contributed by atoms with E-state index in [-0.39, 0.29) is 101 Å². The predicted molar refractivity (Wildman–Crippen MR) is 17.1 cm³/mol. The monoisotopic (exact) mass is 216 g/mol. The summed E-state index contributed by atoms with van der Waals surface area (Å²) in [7, 11) is -4.33. The SMILES string of the molecule is O=S([O-])([O-])=S.[Cl-].[Na+].[Na+].[Na+]. The quantitative estimate of drug-likeness (QED) is 0.377. The molecule has 0 N–H and O–H groups in total. The molecule has 0 aromatic heterocycles. The van der Waals surface area contributed by atoms with Crippen molar-refractivity contribution in [3.05, 3.63) is 0 Å². The Labute approximate surface area is 132 Å². The second kappa shape index (κ2) is 14.1. The minimum Gasteiger partial charge on any atom is -1.00 e. The van der Waals surface area contributed by atoms with E-state index in [9.17, 15) is 0 Å². The van der Waals surface area contributed by atoms with Crippen molar-refractivity contribution in [3.8, 4) is 0 Å². The normalized spacial score (nSPS) is 6.44. The van der Waals surface area contributed by atoms with Gasteiger partial charge in [0.25, 0.3) is 0 Å². The second-order valence-corrected chi connectivity index (χ2v) is 2.45. The van der Waals surface area contributed by atoms with Crippen molar-refractivity contribution in [1.29, 1.82) is 0 Å². The Hall–Kier alpha value is 3.58. The van der Waals surface area contributed by atoms with Gasteiger partial charge in [0.1, 0.15) is 0 Å². The number of hydrogen-bond donors (Lipinski definition) is 0. The molecule has 0 heterocycles. The minimum atomic E-state index is -4.33. The van der Waals surface area contributed by atoms with Crippen molar-refractivity contribution in [1.82, 2.24) is 0 Å². The third-order valence-electron chi connectivity index (χ3n) is 0. The molecule has 0 unspecified atom stereocenters. The van der Waals surface area contributed by atoms with Crippen LogP contribution in [0.4, 0.5) is 0 Å². The molecule has 40 valence electrons. The molecule has 0 aromatic carbocycles. The first-order valence-electron chi connectivity index (χ1n) is 0.667. The molecule has 0 saturated heterocycles. The van der Waals surface area contributed by atoms with Gasteiger partial charge in [0, 0.05) is 0 Å². The van der Waals surface area contributed by atoms with Crippen LogP contribution in [-0.2, 0) is 20.2 Å². The molecule has 0 atom stereocenters. The zero-order valence-electron chi connectivity index (χ0n) is 5.42. The fraction of sp³-hybridized carbons (Fsp3) is 0. The van der Waals surface area contributed by atoms with Crippen molar-refractivity contribution in [2.45, 2.75) is 0 Å². The first-order valence-corrected chi connectivity index (χ1v) is 3.00. The van der Waals surface area contributed by atoms with Crippen LogP contribution in [0.3, 0.4) is 0 Å². The summed E-state index contributed by atoms with van der Waals surface area (Å²) in [4.78, 5) is 0. The Morgan fingerprint density at radius 2 is 1.11 bits per heavy atom. The number of halogens is 1. The maximum Gasteiger partial charge on any atom is 1.00 e. The van der Waals surface area contributed by atoms with E-state index < -0.39 is 9.05 Å². The van der Waals surface area contributed by atoms with Crippen LogP contribution in [0.25, 0.3) is 0 Å². The van der Waals surface area contributed by atoms with Gasteiger partial charge in [0.05, 0.1) is 0 Å². The molecular weight excluding hydrogens is 217 g/mol. The summed E-state index contributed by atoms with van der Waals surface area (Å²) in [5, 5.41) is 0. The van der Waals surface area contributed by atoms with Gasteiger partial charge in [-0.2, -0.15) is 0 Å². The van der Waals surface area contributed by atoms with E-state index in [1.54, 1.807) is 0 Å². The van der Waals surface area contributed by atoms with Gasteiger partial charge >= 0.3 is 88.7 Å². The van der Waals surface area contributed by atoms with E-state index in [0.29, 0.717) is 0 Å². The van der Waals surface area contributed by atoms with Gasteiger partial charge in [-0.3, -0.25) is 4.21 Å². The van der Waals surface area contributed by atoms with Crippen LogP contribution in [0.1, 0.15) is 0 Å². The van der Waals surface area contributed by atoms with Gasteiger partial charge in [-0.25, -0.2) is 0 Å². The molecule has 0 amide bonds. The topological polar surface area (TPSA) is 63.2 Å². The molecule has 0 aromatic rings. The van der Waals surface area contributed by atoms with E-state index in [0.717, 1.165) is 0 Å². The second-order valence-electron chi connectivity index (χ2n) is 0.408. The van der Waals surface area contributed by atoms with Crippen molar-refractivity contribution in [2.75, 3.05) is 0 Å². The maximum atomic E-state index is 8.89. The zero-order valence-corrected chi connectivity index (χ0v) is 13.8. The molecule has 0 bridgehead atoms. The van der Waals surface area contributed by atoms with Crippen LogP contribution >= 0.6 is 0 Å². The third kappa shape index (κ3) is 82.9. The Balaban J connectivity index is -0.0000000133. The van der Waals surface area contributed by atoms with E-state index in [2.05, 4.69) is 11.2 Å².